The Bertz CT molecular complexity index is 1830. The van der Waals surface area contributed by atoms with Crippen molar-refractivity contribution in [1.29, 1.82) is 0 Å². The van der Waals surface area contributed by atoms with Crippen LogP contribution in [0.2, 0.25) is 0 Å². The third-order valence-corrected chi connectivity index (χ3v) is 14.1. The maximum absolute atomic E-state index is 6.88. The minimum atomic E-state index is -0.988. The number of hydrogen-bond acceptors (Lipinski definition) is 4. The molecule has 2 unspecified atom stereocenters. The average molecular weight is 665 g/mol. The molecule has 0 aromatic heterocycles. The smallest absolute Gasteiger partial charge is 0.241 e. The van der Waals surface area contributed by atoms with Gasteiger partial charge in [-0.2, -0.15) is 0 Å². The Morgan fingerprint density at radius 3 is 1.04 bits per heavy atom. The van der Waals surface area contributed by atoms with Crippen molar-refractivity contribution in [2.75, 3.05) is 0 Å². The van der Waals surface area contributed by atoms with Crippen LogP contribution >= 0.6 is 15.8 Å². The van der Waals surface area contributed by atoms with E-state index in [4.69, 9.17) is 18.9 Å². The lowest BCUT2D eigenvalue weighted by Crippen LogP contribution is -2.26. The highest BCUT2D eigenvalue weighted by Gasteiger charge is 2.39. The van der Waals surface area contributed by atoms with E-state index in [9.17, 15) is 0 Å². The van der Waals surface area contributed by atoms with Crippen LogP contribution < -0.4 is 50.8 Å². The lowest BCUT2D eigenvalue weighted by atomic mass is 10.0. The van der Waals surface area contributed by atoms with Gasteiger partial charge in [0.15, 0.2) is 23.0 Å². The van der Waals surface area contributed by atoms with Crippen LogP contribution in [-0.4, -0.2) is 12.6 Å². The van der Waals surface area contributed by atoms with Crippen molar-refractivity contribution in [3.8, 4) is 34.1 Å². The Morgan fingerprint density at radius 1 is 0.375 bits per heavy atom. The van der Waals surface area contributed by atoms with Gasteiger partial charge < -0.3 is 18.9 Å². The van der Waals surface area contributed by atoms with Gasteiger partial charge in [-0.05, 0) is 84.8 Å². The van der Waals surface area contributed by atoms with E-state index in [2.05, 4.69) is 146 Å². The highest BCUT2D eigenvalue weighted by Crippen LogP contribution is 2.55. The van der Waals surface area contributed by atoms with E-state index in [-0.39, 0.29) is 12.6 Å². The molecule has 6 heteroatoms. The first-order chi connectivity index (χ1) is 23.8. The molecule has 3 heterocycles. The third kappa shape index (κ3) is 5.34. The van der Waals surface area contributed by atoms with Gasteiger partial charge in [-0.25, -0.2) is 0 Å². The van der Waals surface area contributed by atoms with Crippen LogP contribution in [0.15, 0.2) is 146 Å². The predicted octanol–water partition coefficient (Wildman–Crippen LogP) is 7.64. The van der Waals surface area contributed by atoms with Gasteiger partial charge in [-0.3, -0.25) is 0 Å². The minimum Gasteiger partial charge on any atom is -0.451 e. The summed E-state index contributed by atoms with van der Waals surface area (Å²) in [5.41, 5.74) is 2.09. The van der Waals surface area contributed by atoms with Crippen LogP contribution in [0.4, 0.5) is 0 Å². The molecule has 0 saturated carbocycles. The molecule has 236 valence electrons. The topological polar surface area (TPSA) is 36.9 Å². The van der Waals surface area contributed by atoms with Crippen LogP contribution in [0.3, 0.4) is 0 Å². The zero-order chi connectivity index (χ0) is 31.9. The summed E-state index contributed by atoms with van der Waals surface area (Å²) >= 11 is 0. The van der Waals surface area contributed by atoms with Crippen molar-refractivity contribution in [1.82, 2.24) is 0 Å². The molecule has 0 aliphatic carbocycles. The fraction of sp³-hybridized carbons (Fsp3) is 0.143. The number of fused-ring (bicyclic) bond motifs is 3. The van der Waals surface area contributed by atoms with Crippen LogP contribution in [-0.2, 0) is 0 Å². The third-order valence-electron chi connectivity index (χ3n) is 9.13. The van der Waals surface area contributed by atoms with Gasteiger partial charge in [-0.1, -0.05) is 121 Å². The van der Waals surface area contributed by atoms with Gasteiger partial charge >= 0.3 is 0 Å². The molecule has 3 aliphatic rings. The Hall–Kier alpha value is -4.62. The second-order valence-electron chi connectivity index (χ2n) is 12.2. The molecular weight excluding hydrogens is 630 g/mol. The van der Waals surface area contributed by atoms with E-state index >= 15 is 0 Å². The van der Waals surface area contributed by atoms with E-state index in [1.165, 1.54) is 31.8 Å². The molecule has 9 rings (SSSR count). The maximum Gasteiger partial charge on any atom is 0.241 e. The summed E-state index contributed by atoms with van der Waals surface area (Å²) in [7, 11) is -1.98. The second-order valence-corrected chi connectivity index (χ2v) is 16.6. The molecule has 0 spiro atoms. The highest BCUT2D eigenvalue weighted by atomic mass is 31.1. The molecule has 2 atom stereocenters. The number of ether oxygens (including phenoxy) is 4. The Labute approximate surface area is 283 Å². The molecule has 6 aromatic carbocycles. The molecule has 3 aliphatic heterocycles. The van der Waals surface area contributed by atoms with Crippen molar-refractivity contribution in [3.05, 3.63) is 146 Å². The normalized spacial score (nSPS) is 17.5. The van der Waals surface area contributed by atoms with Gasteiger partial charge in [0.25, 0.3) is 0 Å². The van der Waals surface area contributed by atoms with Gasteiger partial charge in [-0.15, -0.1) is 0 Å². The molecule has 0 N–H and O–H groups in total. The molecule has 0 saturated heterocycles. The SMILES string of the molecule is c1ccc(P(c2ccccc2)c2ccc3c4c2-c2c(P(c5ccccc5)c5ccccc5)ccc5c2OC(CCCCC(O3)O4)O5)cc1. The maximum atomic E-state index is 6.88. The van der Waals surface area contributed by atoms with Gasteiger partial charge in [0, 0.05) is 24.0 Å². The van der Waals surface area contributed by atoms with E-state index in [0.29, 0.717) is 0 Å². The fourth-order valence-electron chi connectivity index (χ4n) is 7.00. The monoisotopic (exact) mass is 664 g/mol. The molecule has 0 amide bonds. The van der Waals surface area contributed by atoms with Crippen LogP contribution in [0.5, 0.6) is 23.0 Å². The highest BCUT2D eigenvalue weighted by molar-refractivity contribution is 7.80. The summed E-state index contributed by atoms with van der Waals surface area (Å²) in [6, 6.07) is 52.3. The van der Waals surface area contributed by atoms with Crippen LogP contribution in [0.1, 0.15) is 25.7 Å². The summed E-state index contributed by atoms with van der Waals surface area (Å²) < 4.78 is 26.9. The van der Waals surface area contributed by atoms with Crippen LogP contribution in [0.25, 0.3) is 11.1 Å². The first-order valence-corrected chi connectivity index (χ1v) is 19.3. The van der Waals surface area contributed by atoms with E-state index in [0.717, 1.165) is 59.8 Å². The summed E-state index contributed by atoms with van der Waals surface area (Å²) in [4.78, 5) is 0. The largest absolute Gasteiger partial charge is 0.451 e. The van der Waals surface area contributed by atoms with E-state index < -0.39 is 15.8 Å². The quantitative estimate of drug-likeness (QED) is 0.172. The van der Waals surface area contributed by atoms with Gasteiger partial charge in [0.2, 0.25) is 12.6 Å². The van der Waals surface area contributed by atoms with Crippen molar-refractivity contribution in [3.63, 3.8) is 0 Å². The fourth-order valence-corrected chi connectivity index (χ4v) is 11.9. The summed E-state index contributed by atoms with van der Waals surface area (Å²) in [6.45, 7) is 0. The number of benzene rings is 6. The lowest BCUT2D eigenvalue weighted by molar-refractivity contribution is 0.0262. The lowest BCUT2D eigenvalue weighted by Gasteiger charge is -2.28. The average Bonchev–Trinajstić information content (AvgIpc) is 3.76. The van der Waals surface area contributed by atoms with Gasteiger partial charge in [0.1, 0.15) is 0 Å². The number of hydrogen-bond donors (Lipinski definition) is 0. The van der Waals surface area contributed by atoms with Crippen molar-refractivity contribution in [2.45, 2.75) is 38.3 Å². The van der Waals surface area contributed by atoms with E-state index in [1.807, 2.05) is 0 Å². The molecular formula is C42H34O4P2. The zero-order valence-electron chi connectivity index (χ0n) is 26.4. The minimum absolute atomic E-state index is 0.325. The molecule has 4 nitrogen and oxygen atoms in total. The standard InChI is InChI=1S/C42H34O4P2/c1-5-15-29(16-6-1)47(30-17-7-2-8-18-30)35-27-25-33-41-39(35)40-36(48(31-19-9-3-10-20-31)32-21-11-4-12-22-32)28-26-34-42(40)46-38(44-34)24-14-13-23-37(43-33)45-41/h1-12,15-22,25-28,37-38H,13-14,23-24H2. The predicted molar refractivity (Wildman–Crippen MR) is 198 cm³/mol. The Morgan fingerprint density at radius 2 is 0.708 bits per heavy atom. The van der Waals surface area contributed by atoms with Crippen molar-refractivity contribution < 1.29 is 18.9 Å². The Balaban J connectivity index is 1.38. The number of rotatable bonds is 6. The summed E-state index contributed by atoms with van der Waals surface area (Å²) in [5, 5.41) is 7.51. The van der Waals surface area contributed by atoms with Crippen molar-refractivity contribution in [2.24, 2.45) is 0 Å². The van der Waals surface area contributed by atoms with Crippen molar-refractivity contribution >= 4 is 47.7 Å². The molecule has 6 aromatic rings. The first kappa shape index (κ1) is 29.5. The molecule has 48 heavy (non-hydrogen) atoms. The molecule has 0 radical (unpaired) electrons. The zero-order valence-corrected chi connectivity index (χ0v) is 28.2. The molecule has 0 fully saturated rings. The molecule has 4 bridgehead atoms. The Kier molecular flexibility index (Phi) is 7.85. The first-order valence-electron chi connectivity index (χ1n) is 16.6. The summed E-state index contributed by atoms with van der Waals surface area (Å²) in [6.07, 6.45) is 2.89. The second kappa shape index (κ2) is 12.8. The summed E-state index contributed by atoms with van der Waals surface area (Å²) in [5.74, 6) is 3.18. The van der Waals surface area contributed by atoms with Gasteiger partial charge in [0.05, 0.1) is 0 Å². The van der Waals surface area contributed by atoms with Crippen LogP contribution in [0, 0.1) is 0 Å². The van der Waals surface area contributed by atoms with E-state index in [1.54, 1.807) is 0 Å².